The third-order valence-electron chi connectivity index (χ3n) is 12.0. The molecular weight excluding hydrogens is 655 g/mol. The van der Waals surface area contributed by atoms with Gasteiger partial charge in [-0.3, -0.25) is 0 Å². The van der Waals surface area contributed by atoms with Crippen LogP contribution in [-0.4, -0.2) is 40.5 Å². The van der Waals surface area contributed by atoms with E-state index in [9.17, 15) is 0 Å². The van der Waals surface area contributed by atoms with E-state index in [1.165, 1.54) is 33.2 Å². The molecule has 53 heavy (non-hydrogen) atoms. The number of hydrogen-bond acceptors (Lipinski definition) is 5. The Morgan fingerprint density at radius 1 is 0.698 bits per heavy atom. The quantitative estimate of drug-likeness (QED) is 0.158. The number of hydrogen-bond donors (Lipinski definition) is 0. The van der Waals surface area contributed by atoms with Gasteiger partial charge in [0.2, 0.25) is 0 Å². The molecule has 0 saturated carbocycles. The summed E-state index contributed by atoms with van der Waals surface area (Å²) in [6, 6.07) is 41.3. The van der Waals surface area contributed by atoms with Gasteiger partial charge in [-0.2, -0.15) is 0 Å². The highest BCUT2D eigenvalue weighted by Gasteiger charge is 2.47. The van der Waals surface area contributed by atoms with Crippen LogP contribution >= 0.6 is 0 Å². The van der Waals surface area contributed by atoms with Crippen LogP contribution in [0.5, 0.6) is 17.2 Å². The SMILES string of the molecule is CCC1(CC)c2ccccc2-c2c1c1c(c3cc(OC)c(N4CCOCC4)cc23)OC(c2ccc(OC)cc2)(c2ccc(-c3ccccc3)cc2)C=C1. The zero-order valence-corrected chi connectivity index (χ0v) is 30.9. The van der Waals surface area contributed by atoms with Gasteiger partial charge in [0, 0.05) is 40.6 Å². The summed E-state index contributed by atoms with van der Waals surface area (Å²) in [5, 5.41) is 2.24. The van der Waals surface area contributed by atoms with Crippen molar-refractivity contribution in [1.29, 1.82) is 0 Å². The third kappa shape index (κ3) is 5.08. The van der Waals surface area contributed by atoms with Crippen LogP contribution in [0.4, 0.5) is 5.69 Å². The van der Waals surface area contributed by atoms with Gasteiger partial charge in [-0.1, -0.05) is 111 Å². The molecule has 9 rings (SSSR count). The highest BCUT2D eigenvalue weighted by molar-refractivity contribution is 6.10. The lowest BCUT2D eigenvalue weighted by Gasteiger charge is -2.39. The molecule has 1 fully saturated rings. The zero-order valence-electron chi connectivity index (χ0n) is 30.9. The Bertz CT molecular complexity index is 2340. The van der Waals surface area contributed by atoms with E-state index in [1.807, 2.05) is 12.1 Å². The van der Waals surface area contributed by atoms with Crippen molar-refractivity contribution in [3.8, 4) is 39.5 Å². The van der Waals surface area contributed by atoms with E-state index in [-0.39, 0.29) is 5.41 Å². The van der Waals surface area contributed by atoms with Crippen LogP contribution in [0.15, 0.2) is 121 Å². The molecule has 2 aliphatic heterocycles. The van der Waals surface area contributed by atoms with Crippen molar-refractivity contribution in [1.82, 2.24) is 0 Å². The summed E-state index contributed by atoms with van der Waals surface area (Å²) in [5.41, 5.74) is 11.0. The van der Waals surface area contributed by atoms with Crippen molar-refractivity contribution in [2.75, 3.05) is 45.4 Å². The summed E-state index contributed by atoms with van der Waals surface area (Å²) in [4.78, 5) is 2.40. The summed E-state index contributed by atoms with van der Waals surface area (Å²) >= 11 is 0. The Morgan fingerprint density at radius 3 is 2.04 bits per heavy atom. The minimum absolute atomic E-state index is 0.158. The average molecular weight is 700 g/mol. The Kier molecular flexibility index (Phi) is 8.27. The van der Waals surface area contributed by atoms with Crippen molar-refractivity contribution in [2.45, 2.75) is 37.7 Å². The second-order valence-electron chi connectivity index (χ2n) is 14.3. The largest absolute Gasteiger partial charge is 0.497 e. The highest BCUT2D eigenvalue weighted by Crippen LogP contribution is 2.61. The molecule has 0 N–H and O–H groups in total. The van der Waals surface area contributed by atoms with Gasteiger partial charge >= 0.3 is 0 Å². The van der Waals surface area contributed by atoms with Crippen molar-refractivity contribution >= 4 is 22.5 Å². The van der Waals surface area contributed by atoms with E-state index in [0.717, 1.165) is 76.5 Å². The van der Waals surface area contributed by atoms with Crippen molar-refractivity contribution in [3.05, 3.63) is 149 Å². The van der Waals surface area contributed by atoms with Gasteiger partial charge in [0.1, 0.15) is 17.2 Å². The van der Waals surface area contributed by atoms with E-state index < -0.39 is 5.60 Å². The van der Waals surface area contributed by atoms with Crippen LogP contribution in [0, 0.1) is 0 Å². The maximum atomic E-state index is 7.70. The number of fused-ring (bicyclic) bond motifs is 8. The predicted octanol–water partition coefficient (Wildman–Crippen LogP) is 10.8. The van der Waals surface area contributed by atoms with Crippen LogP contribution in [0.3, 0.4) is 0 Å². The zero-order chi connectivity index (χ0) is 36.2. The lowest BCUT2D eigenvalue weighted by Crippen LogP contribution is -2.36. The molecule has 5 nitrogen and oxygen atoms in total. The van der Waals surface area contributed by atoms with Gasteiger partial charge in [0.15, 0.2) is 5.60 Å². The second-order valence-corrected chi connectivity index (χ2v) is 14.3. The monoisotopic (exact) mass is 699 g/mol. The third-order valence-corrected chi connectivity index (χ3v) is 12.0. The molecule has 1 atom stereocenters. The van der Waals surface area contributed by atoms with Crippen molar-refractivity contribution in [3.63, 3.8) is 0 Å². The molecule has 0 bridgehead atoms. The van der Waals surface area contributed by atoms with Gasteiger partial charge in [-0.05, 0) is 82.0 Å². The van der Waals surface area contributed by atoms with Gasteiger partial charge in [-0.15, -0.1) is 0 Å². The molecule has 6 aromatic carbocycles. The number of morpholine rings is 1. The van der Waals surface area contributed by atoms with Gasteiger partial charge in [0.05, 0.1) is 33.1 Å². The van der Waals surface area contributed by atoms with E-state index in [2.05, 4.69) is 134 Å². The lowest BCUT2D eigenvalue weighted by molar-refractivity contribution is 0.122. The molecule has 5 heteroatoms. The number of nitrogens with zero attached hydrogens (tertiary/aromatic N) is 1. The molecule has 0 amide bonds. The molecule has 1 aliphatic carbocycles. The summed E-state index contributed by atoms with van der Waals surface area (Å²) < 4.78 is 25.3. The van der Waals surface area contributed by atoms with E-state index in [1.54, 1.807) is 14.2 Å². The second kappa shape index (κ2) is 13.2. The molecule has 3 aliphatic rings. The normalized spacial score (nSPS) is 18.2. The Hall–Kier alpha value is -5.52. The summed E-state index contributed by atoms with van der Waals surface area (Å²) in [6.07, 6.45) is 6.59. The molecule has 266 valence electrons. The minimum atomic E-state index is -0.904. The van der Waals surface area contributed by atoms with Crippen LogP contribution in [0.1, 0.15) is 54.5 Å². The fraction of sp³-hybridized carbons (Fsp3) is 0.250. The number of anilines is 1. The van der Waals surface area contributed by atoms with Crippen LogP contribution in [-0.2, 0) is 15.8 Å². The maximum absolute atomic E-state index is 7.70. The Morgan fingerprint density at radius 2 is 1.36 bits per heavy atom. The Labute approximate surface area is 312 Å². The van der Waals surface area contributed by atoms with Crippen LogP contribution in [0.2, 0.25) is 0 Å². The first kappa shape index (κ1) is 33.3. The predicted molar refractivity (Wildman–Crippen MR) is 216 cm³/mol. The standard InChI is InChI=1S/C48H45NO4/c1-5-47(6-2)41-15-11-10-14-37(41)44-39-30-42(49-26-28-52-29-27-49)43(51-4)31-40(39)46-38(45(44)47)24-25-48(53-46,35-20-22-36(50-3)23-21-35)34-18-16-33(17-19-34)32-12-8-7-9-13-32/h7-25,30-31H,5-6,26-29H2,1-4H3. The summed E-state index contributed by atoms with van der Waals surface area (Å²) in [6.45, 7) is 7.70. The molecule has 0 aromatic heterocycles. The number of methoxy groups -OCH3 is 2. The molecule has 0 spiro atoms. The van der Waals surface area contributed by atoms with E-state index >= 15 is 0 Å². The maximum Gasteiger partial charge on any atom is 0.178 e. The Balaban J connectivity index is 1.33. The number of ether oxygens (including phenoxy) is 4. The molecule has 1 unspecified atom stereocenters. The van der Waals surface area contributed by atoms with Crippen LogP contribution in [0.25, 0.3) is 39.1 Å². The lowest BCUT2D eigenvalue weighted by atomic mass is 9.71. The van der Waals surface area contributed by atoms with Gasteiger partial charge in [-0.25, -0.2) is 0 Å². The first-order chi connectivity index (χ1) is 26.0. The van der Waals surface area contributed by atoms with Crippen molar-refractivity contribution < 1.29 is 18.9 Å². The average Bonchev–Trinajstić information content (AvgIpc) is 3.54. The molecule has 6 aromatic rings. The highest BCUT2D eigenvalue weighted by atomic mass is 16.5. The fourth-order valence-corrected chi connectivity index (χ4v) is 9.24. The van der Waals surface area contributed by atoms with Gasteiger partial charge < -0.3 is 23.8 Å². The molecule has 1 saturated heterocycles. The summed E-state index contributed by atoms with van der Waals surface area (Å²) in [7, 11) is 3.48. The summed E-state index contributed by atoms with van der Waals surface area (Å²) in [5.74, 6) is 2.53. The van der Waals surface area contributed by atoms with Crippen molar-refractivity contribution in [2.24, 2.45) is 0 Å². The first-order valence-electron chi connectivity index (χ1n) is 18.9. The number of rotatable bonds is 8. The topological polar surface area (TPSA) is 40.2 Å². The molecule has 2 heterocycles. The molecule has 0 radical (unpaired) electrons. The van der Waals surface area contributed by atoms with E-state index in [4.69, 9.17) is 18.9 Å². The fourth-order valence-electron chi connectivity index (χ4n) is 9.24. The smallest absolute Gasteiger partial charge is 0.178 e. The van der Waals surface area contributed by atoms with Gasteiger partial charge in [0.25, 0.3) is 0 Å². The molecular formula is C48H45NO4. The van der Waals surface area contributed by atoms with Crippen LogP contribution < -0.4 is 19.1 Å². The van der Waals surface area contributed by atoms with E-state index in [0.29, 0.717) is 13.2 Å². The minimum Gasteiger partial charge on any atom is -0.497 e. The first-order valence-corrected chi connectivity index (χ1v) is 18.9. The number of benzene rings is 6.